The van der Waals surface area contributed by atoms with Crippen molar-refractivity contribution in [1.82, 2.24) is 9.38 Å². The van der Waals surface area contributed by atoms with Gasteiger partial charge in [0, 0.05) is 24.2 Å². The summed E-state index contributed by atoms with van der Waals surface area (Å²) >= 11 is 0. The highest BCUT2D eigenvalue weighted by atomic mass is 15.0. The van der Waals surface area contributed by atoms with Gasteiger partial charge in [-0.1, -0.05) is 61.5 Å². The first-order valence-electron chi connectivity index (χ1n) is 9.02. The molecule has 1 unspecified atom stereocenters. The van der Waals surface area contributed by atoms with Crippen molar-refractivity contribution in [3.63, 3.8) is 0 Å². The van der Waals surface area contributed by atoms with E-state index in [-0.39, 0.29) is 5.92 Å². The molecule has 1 atom stereocenters. The molecule has 4 aromatic rings. The molecule has 2 N–H and O–H groups in total. The molecule has 0 spiro atoms. The zero-order valence-electron chi connectivity index (χ0n) is 15.2. The van der Waals surface area contributed by atoms with Crippen molar-refractivity contribution in [2.75, 3.05) is 6.54 Å². The minimum atomic E-state index is 0.233. The Morgan fingerprint density at radius 1 is 0.923 bits per heavy atom. The molecular weight excluding hydrogens is 318 g/mol. The van der Waals surface area contributed by atoms with Crippen LogP contribution < -0.4 is 5.73 Å². The first-order chi connectivity index (χ1) is 12.7. The molecule has 4 rings (SSSR count). The Morgan fingerprint density at radius 2 is 1.58 bits per heavy atom. The van der Waals surface area contributed by atoms with E-state index in [2.05, 4.69) is 85.1 Å². The van der Waals surface area contributed by atoms with E-state index in [1.165, 1.54) is 22.4 Å². The fourth-order valence-corrected chi connectivity index (χ4v) is 3.41. The van der Waals surface area contributed by atoms with Gasteiger partial charge >= 0.3 is 0 Å². The van der Waals surface area contributed by atoms with Crippen LogP contribution in [0.2, 0.25) is 0 Å². The Bertz CT molecular complexity index is 1030. The van der Waals surface area contributed by atoms with E-state index in [0.29, 0.717) is 6.54 Å². The van der Waals surface area contributed by atoms with E-state index in [4.69, 9.17) is 10.7 Å². The number of nitrogens with two attached hydrogens (primary N) is 1. The summed E-state index contributed by atoms with van der Waals surface area (Å²) in [5.41, 5.74) is 13.9. The molecule has 26 heavy (non-hydrogen) atoms. The third-order valence-corrected chi connectivity index (χ3v) is 4.90. The van der Waals surface area contributed by atoms with Crippen molar-refractivity contribution < 1.29 is 0 Å². The van der Waals surface area contributed by atoms with E-state index >= 15 is 0 Å². The second-order valence-corrected chi connectivity index (χ2v) is 6.86. The largest absolute Gasteiger partial charge is 0.330 e. The Hall–Kier alpha value is -2.91. The molecule has 3 heteroatoms. The normalized spacial score (nSPS) is 12.4. The van der Waals surface area contributed by atoms with Crippen molar-refractivity contribution in [3.8, 4) is 22.4 Å². The lowest BCUT2D eigenvalue weighted by molar-refractivity contribution is 0.738. The second-order valence-electron chi connectivity index (χ2n) is 6.86. The van der Waals surface area contributed by atoms with Crippen molar-refractivity contribution in [3.05, 3.63) is 84.2 Å². The lowest BCUT2D eigenvalue weighted by Gasteiger charge is -2.12. The minimum absolute atomic E-state index is 0.233. The molecule has 2 heterocycles. The van der Waals surface area contributed by atoms with Gasteiger partial charge in [-0.2, -0.15) is 0 Å². The van der Waals surface area contributed by atoms with Crippen molar-refractivity contribution in [2.24, 2.45) is 5.73 Å². The average Bonchev–Trinajstić information content (AvgIpc) is 3.06. The molecule has 0 saturated heterocycles. The maximum absolute atomic E-state index is 5.99. The van der Waals surface area contributed by atoms with Crippen LogP contribution >= 0.6 is 0 Å². The Kier molecular flexibility index (Phi) is 4.31. The number of hydrogen-bond acceptors (Lipinski definition) is 2. The van der Waals surface area contributed by atoms with E-state index in [1.54, 1.807) is 0 Å². The van der Waals surface area contributed by atoms with Gasteiger partial charge in [0.15, 0.2) is 0 Å². The van der Waals surface area contributed by atoms with Crippen LogP contribution in [0.25, 0.3) is 28.0 Å². The predicted molar refractivity (Wildman–Crippen MR) is 108 cm³/mol. The second kappa shape index (κ2) is 6.77. The van der Waals surface area contributed by atoms with Crippen LogP contribution in [0.4, 0.5) is 0 Å². The van der Waals surface area contributed by atoms with Gasteiger partial charge in [0.05, 0.1) is 11.4 Å². The van der Waals surface area contributed by atoms with Gasteiger partial charge in [-0.25, -0.2) is 4.98 Å². The Labute approximate surface area is 154 Å². The summed E-state index contributed by atoms with van der Waals surface area (Å²) in [6.45, 7) is 4.84. The summed E-state index contributed by atoms with van der Waals surface area (Å²) in [7, 11) is 0. The van der Waals surface area contributed by atoms with Crippen molar-refractivity contribution in [2.45, 2.75) is 19.8 Å². The molecule has 0 aliphatic heterocycles. The van der Waals surface area contributed by atoms with Gasteiger partial charge in [0.2, 0.25) is 0 Å². The molecule has 3 nitrogen and oxygen atoms in total. The first kappa shape index (κ1) is 16.6. The van der Waals surface area contributed by atoms with E-state index < -0.39 is 0 Å². The quantitative estimate of drug-likeness (QED) is 0.565. The number of imidazole rings is 1. The molecule has 130 valence electrons. The maximum atomic E-state index is 5.99. The number of rotatable bonds is 4. The lowest BCUT2D eigenvalue weighted by atomic mass is 9.99. The fraction of sp³-hybridized carbons (Fsp3) is 0.174. The summed E-state index contributed by atoms with van der Waals surface area (Å²) in [5.74, 6) is 0.233. The molecule has 0 aliphatic rings. The summed E-state index contributed by atoms with van der Waals surface area (Å²) in [6.07, 6.45) is 2.10. The third-order valence-electron chi connectivity index (χ3n) is 4.90. The van der Waals surface area contributed by atoms with Crippen LogP contribution in [0.15, 0.2) is 72.9 Å². The van der Waals surface area contributed by atoms with Gasteiger partial charge in [0.1, 0.15) is 5.65 Å². The van der Waals surface area contributed by atoms with E-state index in [1.807, 2.05) is 6.07 Å². The topological polar surface area (TPSA) is 43.3 Å². The van der Waals surface area contributed by atoms with Crippen LogP contribution in [-0.4, -0.2) is 15.9 Å². The summed E-state index contributed by atoms with van der Waals surface area (Å²) < 4.78 is 2.17. The first-order valence-corrected chi connectivity index (χ1v) is 9.02. The predicted octanol–water partition coefficient (Wildman–Crippen LogP) is 5.04. The molecule has 0 radical (unpaired) electrons. The van der Waals surface area contributed by atoms with Gasteiger partial charge in [-0.05, 0) is 35.7 Å². The highest BCUT2D eigenvalue weighted by molar-refractivity contribution is 5.72. The lowest BCUT2D eigenvalue weighted by Crippen LogP contribution is -2.12. The third kappa shape index (κ3) is 2.91. The summed E-state index contributed by atoms with van der Waals surface area (Å²) in [6, 6.07) is 23.3. The standard InChI is InChI=1S/C23H23N3/c1-16-12-13-26-21(14-16)25-22(23(26)17(2)15-24)20-10-8-19(9-11-20)18-6-4-3-5-7-18/h3-14,17H,15,24H2,1-2H3. The highest BCUT2D eigenvalue weighted by Gasteiger charge is 2.18. The maximum Gasteiger partial charge on any atom is 0.137 e. The Balaban J connectivity index is 1.83. The van der Waals surface area contributed by atoms with Gasteiger partial charge in [0.25, 0.3) is 0 Å². The van der Waals surface area contributed by atoms with Crippen LogP contribution in [-0.2, 0) is 0 Å². The van der Waals surface area contributed by atoms with E-state index in [0.717, 1.165) is 16.9 Å². The molecule has 2 aromatic carbocycles. The molecule has 0 bridgehead atoms. The molecule has 2 aromatic heterocycles. The van der Waals surface area contributed by atoms with Gasteiger partial charge in [-0.15, -0.1) is 0 Å². The van der Waals surface area contributed by atoms with Crippen molar-refractivity contribution in [1.29, 1.82) is 0 Å². The number of hydrogen-bond donors (Lipinski definition) is 1. The Morgan fingerprint density at radius 3 is 2.27 bits per heavy atom. The molecule has 0 saturated carbocycles. The van der Waals surface area contributed by atoms with E-state index in [9.17, 15) is 0 Å². The smallest absolute Gasteiger partial charge is 0.137 e. The fourth-order valence-electron chi connectivity index (χ4n) is 3.41. The van der Waals surface area contributed by atoms with Gasteiger partial charge in [-0.3, -0.25) is 0 Å². The van der Waals surface area contributed by atoms with Crippen LogP contribution in [0, 0.1) is 6.92 Å². The average molecular weight is 341 g/mol. The summed E-state index contributed by atoms with van der Waals surface area (Å²) in [5, 5.41) is 0. The van der Waals surface area contributed by atoms with Gasteiger partial charge < -0.3 is 10.1 Å². The number of aromatic nitrogens is 2. The van der Waals surface area contributed by atoms with Crippen molar-refractivity contribution >= 4 is 5.65 Å². The zero-order valence-corrected chi connectivity index (χ0v) is 15.2. The molecule has 0 amide bonds. The number of benzene rings is 2. The van der Waals surface area contributed by atoms with Crippen LogP contribution in [0.3, 0.4) is 0 Å². The molecule has 0 fully saturated rings. The van der Waals surface area contributed by atoms with Crippen LogP contribution in [0.5, 0.6) is 0 Å². The molecule has 0 aliphatic carbocycles. The SMILES string of the molecule is Cc1ccn2c(C(C)CN)c(-c3ccc(-c4ccccc4)cc3)nc2c1. The number of nitrogens with zero attached hydrogens (tertiary/aromatic N) is 2. The molecular formula is C23H23N3. The monoisotopic (exact) mass is 341 g/mol. The minimum Gasteiger partial charge on any atom is -0.330 e. The number of pyridine rings is 1. The highest BCUT2D eigenvalue weighted by Crippen LogP contribution is 2.31. The number of aryl methyl sites for hydroxylation is 1. The van der Waals surface area contributed by atoms with Crippen LogP contribution in [0.1, 0.15) is 24.1 Å². The number of fused-ring (bicyclic) bond motifs is 1. The zero-order chi connectivity index (χ0) is 18.1. The summed E-state index contributed by atoms with van der Waals surface area (Å²) in [4.78, 5) is 4.92.